The van der Waals surface area contributed by atoms with Crippen molar-refractivity contribution in [1.29, 1.82) is 0 Å². The van der Waals surface area contributed by atoms with E-state index in [9.17, 15) is 0 Å². The van der Waals surface area contributed by atoms with Crippen LogP contribution in [0.25, 0.3) is 0 Å². The summed E-state index contributed by atoms with van der Waals surface area (Å²) in [6, 6.07) is 21.0. The summed E-state index contributed by atoms with van der Waals surface area (Å²) in [6.45, 7) is 0. The first-order valence-corrected chi connectivity index (χ1v) is 9.06. The van der Waals surface area contributed by atoms with E-state index < -0.39 is 0 Å². The fourth-order valence-corrected chi connectivity index (χ4v) is 2.13. The van der Waals surface area contributed by atoms with Crippen molar-refractivity contribution in [3.63, 3.8) is 0 Å². The van der Waals surface area contributed by atoms with Gasteiger partial charge in [-0.25, -0.2) is 12.2 Å². The maximum atomic E-state index is 2.99. The summed E-state index contributed by atoms with van der Waals surface area (Å²) in [7, 11) is 3.75. The molecular weight excluding hydrogens is 410 g/mol. The van der Waals surface area contributed by atoms with E-state index >= 15 is 0 Å². The van der Waals surface area contributed by atoms with E-state index in [0.29, 0.717) is 0 Å². The van der Waals surface area contributed by atoms with Crippen molar-refractivity contribution < 1.29 is 21.7 Å². The second-order valence-electron chi connectivity index (χ2n) is 5.74. The van der Waals surface area contributed by atoms with E-state index in [1.54, 1.807) is 0 Å². The zero-order chi connectivity index (χ0) is 18.7. The standard InChI is InChI=1S/C18H18.C5H5.C2H7N.4CH3.Ti/c1(5-11-17-13-7-3-8-14-17)2-6-12-18-15-9-4-10-16-18;1-2-4-5-3-1;1-3-2;;;;;/h1-10,13-16H,11-12H2;1-3H,4H2;3H,1-2H3;4*1H3;/q;-1;;4*-1;. The Balaban J connectivity index is -0.000000150. The third kappa shape index (κ3) is 24.2. The van der Waals surface area contributed by atoms with Crippen LogP contribution >= 0.6 is 0 Å². The molecule has 0 aromatic heterocycles. The van der Waals surface area contributed by atoms with Crippen molar-refractivity contribution in [1.82, 2.24) is 5.32 Å². The SMILES string of the molecule is C(C=CCc1ccccc1)=CCc1ccccc1.CNC.[C-]1=CC=CC1.[CH3-].[CH3-].[CH3-].[CH3-].[Ti]. The van der Waals surface area contributed by atoms with Gasteiger partial charge in [-0.2, -0.15) is 6.08 Å². The summed E-state index contributed by atoms with van der Waals surface area (Å²) in [5.74, 6) is 0. The molecule has 1 aliphatic rings. The van der Waals surface area contributed by atoms with Crippen LogP contribution in [0.4, 0.5) is 0 Å². The van der Waals surface area contributed by atoms with Gasteiger partial charge in [0.25, 0.3) is 0 Å². The van der Waals surface area contributed by atoms with E-state index in [2.05, 4.69) is 90.3 Å². The Morgan fingerprint density at radius 1 is 0.742 bits per heavy atom. The smallest absolute Gasteiger partial charge is 0 e. The van der Waals surface area contributed by atoms with Gasteiger partial charge in [0.05, 0.1) is 0 Å². The number of hydrogen-bond acceptors (Lipinski definition) is 1. The molecule has 0 radical (unpaired) electrons. The molecule has 0 spiro atoms. The molecule has 0 aliphatic heterocycles. The Kier molecular flexibility index (Phi) is 38.6. The first-order chi connectivity index (χ1) is 12.9. The molecule has 0 unspecified atom stereocenters. The number of nitrogens with one attached hydrogen (secondary N) is 1. The van der Waals surface area contributed by atoms with E-state index in [1.807, 2.05) is 38.4 Å². The largest absolute Gasteiger partial charge is 0.358 e. The molecule has 1 nitrogen and oxygen atoms in total. The molecule has 0 saturated carbocycles. The van der Waals surface area contributed by atoms with Crippen LogP contribution in [0.5, 0.6) is 0 Å². The van der Waals surface area contributed by atoms with E-state index in [-0.39, 0.29) is 51.4 Å². The minimum absolute atomic E-state index is 0. The van der Waals surface area contributed by atoms with Gasteiger partial charge in [-0.05, 0) is 38.1 Å². The van der Waals surface area contributed by atoms with E-state index in [1.165, 1.54) is 11.1 Å². The fraction of sp³-hybridized carbons (Fsp3) is 0.172. The first kappa shape index (κ1) is 39.5. The molecule has 2 aromatic carbocycles. The molecule has 0 atom stereocenters. The van der Waals surface area contributed by atoms with Gasteiger partial charge in [0.1, 0.15) is 0 Å². The Morgan fingerprint density at radius 3 is 1.39 bits per heavy atom. The average Bonchev–Trinajstić information content (AvgIpc) is 3.27. The minimum Gasteiger partial charge on any atom is -0.358 e. The first-order valence-electron chi connectivity index (χ1n) is 9.06. The third-order valence-electron chi connectivity index (χ3n) is 3.36. The van der Waals surface area contributed by atoms with Gasteiger partial charge in [0.15, 0.2) is 0 Å². The Bertz CT molecular complexity index is 611. The van der Waals surface area contributed by atoms with Gasteiger partial charge in [-0.3, -0.25) is 6.08 Å². The van der Waals surface area contributed by atoms with Crippen LogP contribution in [0.3, 0.4) is 0 Å². The van der Waals surface area contributed by atoms with Crippen LogP contribution in [0.2, 0.25) is 0 Å². The summed E-state index contributed by atoms with van der Waals surface area (Å²) < 4.78 is 0. The Morgan fingerprint density at radius 2 is 1.13 bits per heavy atom. The Hall–Kier alpha value is -1.93. The number of allylic oxidation sites excluding steroid dienone is 8. The van der Waals surface area contributed by atoms with Gasteiger partial charge in [0, 0.05) is 21.7 Å². The molecule has 1 N–H and O–H groups in total. The number of rotatable bonds is 5. The van der Waals surface area contributed by atoms with E-state index in [4.69, 9.17) is 0 Å². The van der Waals surface area contributed by atoms with Crippen molar-refractivity contribution >= 4 is 0 Å². The molecule has 0 bridgehead atoms. The van der Waals surface area contributed by atoms with Crippen LogP contribution in [-0.2, 0) is 34.6 Å². The van der Waals surface area contributed by atoms with Crippen LogP contribution in [0, 0.1) is 35.8 Å². The van der Waals surface area contributed by atoms with Gasteiger partial charge in [-0.15, -0.1) is 6.42 Å². The van der Waals surface area contributed by atoms with Crippen LogP contribution in [-0.4, -0.2) is 14.1 Å². The molecule has 2 heteroatoms. The quantitative estimate of drug-likeness (QED) is 0.281. The van der Waals surface area contributed by atoms with E-state index in [0.717, 1.165) is 19.3 Å². The zero-order valence-corrected chi connectivity index (χ0v) is 22.0. The summed E-state index contributed by atoms with van der Waals surface area (Å²) in [6.07, 6.45) is 20.6. The predicted molar refractivity (Wildman–Crippen MR) is 141 cm³/mol. The van der Waals surface area contributed by atoms with Crippen molar-refractivity contribution in [3.05, 3.63) is 150 Å². The van der Waals surface area contributed by atoms with Gasteiger partial charge in [-0.1, -0.05) is 85.0 Å². The summed E-state index contributed by atoms with van der Waals surface area (Å²) in [5.41, 5.74) is 2.70. The monoisotopic (exact) mass is 452 g/mol. The summed E-state index contributed by atoms with van der Waals surface area (Å²) in [5, 5.41) is 2.75. The van der Waals surface area contributed by atoms with Crippen molar-refractivity contribution in [2.45, 2.75) is 19.3 Å². The third-order valence-corrected chi connectivity index (χ3v) is 3.36. The van der Waals surface area contributed by atoms with Gasteiger partial charge >= 0.3 is 0 Å². The maximum Gasteiger partial charge on any atom is 0 e. The second-order valence-corrected chi connectivity index (χ2v) is 5.74. The predicted octanol–water partition coefficient (Wildman–Crippen LogP) is 7.52. The fourth-order valence-electron chi connectivity index (χ4n) is 2.13. The second kappa shape index (κ2) is 30.3. The van der Waals surface area contributed by atoms with Crippen molar-refractivity contribution in [3.8, 4) is 0 Å². The number of benzene rings is 2. The molecule has 0 fully saturated rings. The van der Waals surface area contributed by atoms with Crippen molar-refractivity contribution in [2.24, 2.45) is 0 Å². The molecule has 0 amide bonds. The Labute approximate surface area is 210 Å². The molecular formula is C29H42NTi-5. The van der Waals surface area contributed by atoms with Gasteiger partial charge in [0.2, 0.25) is 0 Å². The van der Waals surface area contributed by atoms with Gasteiger partial charge < -0.3 is 35.0 Å². The molecule has 3 rings (SSSR count). The molecule has 2 aromatic rings. The molecule has 0 heterocycles. The molecule has 31 heavy (non-hydrogen) atoms. The van der Waals surface area contributed by atoms with Crippen LogP contribution in [0.15, 0.2) is 103 Å². The summed E-state index contributed by atoms with van der Waals surface area (Å²) in [4.78, 5) is 0. The zero-order valence-electron chi connectivity index (χ0n) is 20.4. The van der Waals surface area contributed by atoms with Crippen molar-refractivity contribution in [2.75, 3.05) is 14.1 Å². The molecule has 172 valence electrons. The number of hydrogen-bond donors (Lipinski definition) is 1. The molecule has 0 saturated heterocycles. The normalized spacial score (nSPS) is 10.0. The summed E-state index contributed by atoms with van der Waals surface area (Å²) >= 11 is 0. The topological polar surface area (TPSA) is 12.0 Å². The van der Waals surface area contributed by atoms with Crippen LogP contribution in [0.1, 0.15) is 17.5 Å². The average molecular weight is 453 g/mol. The van der Waals surface area contributed by atoms with Crippen LogP contribution < -0.4 is 5.32 Å². The molecule has 1 aliphatic carbocycles. The minimum atomic E-state index is 0. The maximum absolute atomic E-state index is 2.99.